The summed E-state index contributed by atoms with van der Waals surface area (Å²) >= 11 is 6.12. The lowest BCUT2D eigenvalue weighted by Crippen LogP contribution is -2.39. The fourth-order valence-electron chi connectivity index (χ4n) is 3.75. The fourth-order valence-corrected chi connectivity index (χ4v) is 4.02. The predicted molar refractivity (Wildman–Crippen MR) is 137 cm³/mol. The SMILES string of the molecule is CCNC(=NCC1CCN(c2cccc(OC)c2)C1)N(C)Cc1cc(Cl)cn1C.I. The van der Waals surface area contributed by atoms with Gasteiger partial charge in [0.05, 0.1) is 18.7 Å². The first kappa shape index (κ1) is 24.7. The monoisotopic (exact) mass is 545 g/mol. The highest BCUT2D eigenvalue weighted by Crippen LogP contribution is 2.27. The molecule has 30 heavy (non-hydrogen) atoms. The lowest BCUT2D eigenvalue weighted by atomic mass is 10.1. The summed E-state index contributed by atoms with van der Waals surface area (Å²) in [7, 11) is 5.80. The van der Waals surface area contributed by atoms with Crippen LogP contribution in [0.3, 0.4) is 0 Å². The number of aryl methyl sites for hydroxylation is 1. The number of hydrogen-bond acceptors (Lipinski definition) is 3. The molecular formula is C22H33ClIN5O. The standard InChI is InChI=1S/C22H32ClN5O.HI/c1-5-24-22(27(3)16-20-11-18(23)15-26(20)2)25-13-17-9-10-28(14-17)19-7-6-8-21(12-19)29-4;/h6-8,11-12,15,17H,5,9-10,13-14,16H2,1-4H3,(H,24,25);1H. The second-order valence-corrected chi connectivity index (χ2v) is 8.05. The Morgan fingerprint density at radius 3 is 2.83 bits per heavy atom. The van der Waals surface area contributed by atoms with Crippen LogP contribution in [0.4, 0.5) is 5.69 Å². The zero-order valence-corrected chi connectivity index (χ0v) is 21.4. The summed E-state index contributed by atoms with van der Waals surface area (Å²) in [6, 6.07) is 10.3. The summed E-state index contributed by atoms with van der Waals surface area (Å²) in [5, 5.41) is 4.18. The highest BCUT2D eigenvalue weighted by atomic mass is 127. The maximum absolute atomic E-state index is 6.12. The topological polar surface area (TPSA) is 45.0 Å². The van der Waals surface area contributed by atoms with Crippen LogP contribution in [0.15, 0.2) is 41.5 Å². The quantitative estimate of drug-likeness (QED) is 0.321. The van der Waals surface area contributed by atoms with Crippen molar-refractivity contribution in [1.82, 2.24) is 14.8 Å². The molecule has 0 bridgehead atoms. The average molecular weight is 546 g/mol. The van der Waals surface area contributed by atoms with Gasteiger partial charge in [-0.2, -0.15) is 0 Å². The van der Waals surface area contributed by atoms with E-state index in [1.54, 1.807) is 7.11 Å². The Labute approximate surface area is 202 Å². The third-order valence-electron chi connectivity index (χ3n) is 5.37. The molecule has 8 heteroatoms. The van der Waals surface area contributed by atoms with E-state index < -0.39 is 0 Å². The molecule has 1 aromatic heterocycles. The van der Waals surface area contributed by atoms with Crippen molar-refractivity contribution in [2.24, 2.45) is 18.0 Å². The number of rotatable bonds is 7. The van der Waals surface area contributed by atoms with Crippen LogP contribution in [0.5, 0.6) is 5.75 Å². The molecule has 1 unspecified atom stereocenters. The lowest BCUT2D eigenvalue weighted by Gasteiger charge is -2.23. The van der Waals surface area contributed by atoms with Crippen molar-refractivity contribution in [2.45, 2.75) is 19.9 Å². The van der Waals surface area contributed by atoms with Gasteiger partial charge in [0.1, 0.15) is 5.75 Å². The van der Waals surface area contributed by atoms with Crippen LogP contribution in [0.2, 0.25) is 5.02 Å². The van der Waals surface area contributed by atoms with E-state index in [1.807, 2.05) is 31.4 Å². The summed E-state index contributed by atoms with van der Waals surface area (Å²) in [5.74, 6) is 2.39. The Morgan fingerprint density at radius 1 is 1.37 bits per heavy atom. The predicted octanol–water partition coefficient (Wildman–Crippen LogP) is 4.23. The number of benzene rings is 1. The zero-order chi connectivity index (χ0) is 20.8. The van der Waals surface area contributed by atoms with Gasteiger partial charge < -0.3 is 24.4 Å². The lowest BCUT2D eigenvalue weighted by molar-refractivity contribution is 0.415. The minimum Gasteiger partial charge on any atom is -0.497 e. The third-order valence-corrected chi connectivity index (χ3v) is 5.58. The first-order valence-corrected chi connectivity index (χ1v) is 10.6. The van der Waals surface area contributed by atoms with Gasteiger partial charge in [-0.15, -0.1) is 24.0 Å². The molecule has 0 saturated carbocycles. The summed E-state index contributed by atoms with van der Waals surface area (Å²) < 4.78 is 7.42. The van der Waals surface area contributed by atoms with E-state index >= 15 is 0 Å². The second-order valence-electron chi connectivity index (χ2n) is 7.61. The number of nitrogens with one attached hydrogen (secondary N) is 1. The van der Waals surface area contributed by atoms with E-state index in [0.29, 0.717) is 5.92 Å². The van der Waals surface area contributed by atoms with Crippen LogP contribution < -0.4 is 15.0 Å². The molecule has 1 N–H and O–H groups in total. The fraction of sp³-hybridized carbons (Fsp3) is 0.500. The summed E-state index contributed by atoms with van der Waals surface area (Å²) in [5.41, 5.74) is 2.38. The molecule has 2 heterocycles. The Hall–Kier alpha value is -1.61. The van der Waals surface area contributed by atoms with Crippen LogP contribution in [0.1, 0.15) is 19.0 Å². The average Bonchev–Trinajstić information content (AvgIpc) is 3.31. The number of hydrogen-bond donors (Lipinski definition) is 1. The highest BCUT2D eigenvalue weighted by molar-refractivity contribution is 14.0. The van der Waals surface area contributed by atoms with Crippen LogP contribution in [-0.4, -0.2) is 55.8 Å². The van der Waals surface area contributed by atoms with Gasteiger partial charge in [0.2, 0.25) is 0 Å². The number of ether oxygens (including phenoxy) is 1. The smallest absolute Gasteiger partial charge is 0.194 e. The number of nitrogens with zero attached hydrogens (tertiary/aromatic N) is 4. The highest BCUT2D eigenvalue weighted by Gasteiger charge is 2.23. The van der Waals surface area contributed by atoms with Crippen molar-refractivity contribution < 1.29 is 4.74 Å². The van der Waals surface area contributed by atoms with Gasteiger partial charge >= 0.3 is 0 Å². The Morgan fingerprint density at radius 2 is 2.17 bits per heavy atom. The molecule has 0 radical (unpaired) electrons. The van der Waals surface area contributed by atoms with E-state index in [-0.39, 0.29) is 24.0 Å². The number of guanidine groups is 1. The van der Waals surface area contributed by atoms with Gasteiger partial charge in [-0.3, -0.25) is 4.99 Å². The number of halogens is 2. The Bertz CT molecular complexity index is 841. The molecule has 1 aromatic carbocycles. The molecule has 6 nitrogen and oxygen atoms in total. The molecule has 0 aliphatic carbocycles. The number of aromatic nitrogens is 1. The molecule has 1 saturated heterocycles. The maximum Gasteiger partial charge on any atom is 0.194 e. The van der Waals surface area contributed by atoms with Crippen molar-refractivity contribution in [1.29, 1.82) is 0 Å². The molecule has 0 amide bonds. The molecule has 3 rings (SSSR count). The second kappa shape index (κ2) is 11.7. The van der Waals surface area contributed by atoms with Gasteiger partial charge in [-0.1, -0.05) is 17.7 Å². The van der Waals surface area contributed by atoms with Crippen molar-refractivity contribution in [3.05, 3.63) is 47.2 Å². The maximum atomic E-state index is 6.12. The summed E-state index contributed by atoms with van der Waals surface area (Å²) in [4.78, 5) is 9.51. The Balaban J connectivity index is 0.00000320. The van der Waals surface area contributed by atoms with Crippen LogP contribution in [0, 0.1) is 5.92 Å². The third kappa shape index (κ3) is 6.44. The van der Waals surface area contributed by atoms with Crippen molar-refractivity contribution in [2.75, 3.05) is 45.2 Å². The molecular weight excluding hydrogens is 513 g/mol. The van der Waals surface area contributed by atoms with Gasteiger partial charge in [0, 0.05) is 63.9 Å². The molecule has 1 fully saturated rings. The zero-order valence-electron chi connectivity index (χ0n) is 18.3. The van der Waals surface area contributed by atoms with E-state index in [1.165, 1.54) is 5.69 Å². The molecule has 2 aromatic rings. The van der Waals surface area contributed by atoms with Crippen LogP contribution in [0.25, 0.3) is 0 Å². The first-order chi connectivity index (χ1) is 14.0. The Kier molecular flexibility index (Phi) is 9.61. The van der Waals surface area contributed by atoms with Gasteiger partial charge in [0.15, 0.2) is 5.96 Å². The van der Waals surface area contributed by atoms with Gasteiger partial charge in [0.25, 0.3) is 0 Å². The summed E-state index contributed by atoms with van der Waals surface area (Å²) in [6.07, 6.45) is 3.08. The van der Waals surface area contributed by atoms with Crippen LogP contribution in [-0.2, 0) is 13.6 Å². The molecule has 166 valence electrons. The van der Waals surface area contributed by atoms with Crippen molar-refractivity contribution >= 4 is 47.2 Å². The van der Waals surface area contributed by atoms with Gasteiger partial charge in [-0.25, -0.2) is 0 Å². The number of methoxy groups -OCH3 is 1. The van der Waals surface area contributed by atoms with Crippen molar-refractivity contribution in [3.63, 3.8) is 0 Å². The molecule has 1 aliphatic rings. The normalized spacial score (nSPS) is 16.4. The minimum absolute atomic E-state index is 0. The molecule has 1 aliphatic heterocycles. The van der Waals surface area contributed by atoms with E-state index in [2.05, 4.69) is 45.8 Å². The van der Waals surface area contributed by atoms with E-state index in [0.717, 1.165) is 61.6 Å². The van der Waals surface area contributed by atoms with E-state index in [4.69, 9.17) is 21.3 Å². The molecule has 1 atom stereocenters. The number of aliphatic imine (C=N–C) groups is 1. The van der Waals surface area contributed by atoms with Gasteiger partial charge in [-0.05, 0) is 37.5 Å². The molecule has 0 spiro atoms. The minimum atomic E-state index is 0. The van der Waals surface area contributed by atoms with Crippen molar-refractivity contribution in [3.8, 4) is 5.75 Å². The van der Waals surface area contributed by atoms with Crippen LogP contribution >= 0.6 is 35.6 Å². The van der Waals surface area contributed by atoms with E-state index in [9.17, 15) is 0 Å². The largest absolute Gasteiger partial charge is 0.497 e. The first-order valence-electron chi connectivity index (χ1n) is 10.2. The number of anilines is 1. The summed E-state index contributed by atoms with van der Waals surface area (Å²) in [6.45, 7) is 6.60.